The van der Waals surface area contributed by atoms with Gasteiger partial charge in [-0.2, -0.15) is 0 Å². The molecule has 1 saturated heterocycles. The zero-order chi connectivity index (χ0) is 13.0. The molecule has 5 nitrogen and oxygen atoms in total. The molecule has 0 spiro atoms. The fraction of sp³-hybridized carbons (Fsp3) is 0.500. The van der Waals surface area contributed by atoms with Gasteiger partial charge in [-0.15, -0.1) is 0 Å². The number of halogens is 1. The van der Waals surface area contributed by atoms with Gasteiger partial charge in [0.15, 0.2) is 0 Å². The van der Waals surface area contributed by atoms with E-state index in [0.29, 0.717) is 18.9 Å². The summed E-state index contributed by atoms with van der Waals surface area (Å²) in [7, 11) is 0. The highest BCUT2D eigenvalue weighted by molar-refractivity contribution is 9.10. The molecule has 1 aromatic heterocycles. The van der Waals surface area contributed by atoms with Crippen molar-refractivity contribution in [2.24, 2.45) is 5.92 Å². The van der Waals surface area contributed by atoms with Crippen LogP contribution >= 0.6 is 15.9 Å². The Balaban J connectivity index is 1.77. The van der Waals surface area contributed by atoms with Gasteiger partial charge in [-0.3, -0.25) is 9.59 Å². The second-order valence-electron chi connectivity index (χ2n) is 4.46. The summed E-state index contributed by atoms with van der Waals surface area (Å²) in [6, 6.07) is 3.19. The van der Waals surface area contributed by atoms with E-state index in [2.05, 4.69) is 26.6 Å². The molecule has 2 rings (SSSR count). The van der Waals surface area contributed by atoms with Crippen LogP contribution in [0.1, 0.15) is 6.42 Å². The van der Waals surface area contributed by atoms with Crippen LogP contribution in [-0.4, -0.2) is 30.1 Å². The molecular formula is C12H16BrN3O2. The molecule has 0 saturated carbocycles. The molecule has 0 aliphatic carbocycles. The van der Waals surface area contributed by atoms with E-state index in [9.17, 15) is 9.59 Å². The van der Waals surface area contributed by atoms with Crippen molar-refractivity contribution in [3.05, 3.63) is 33.2 Å². The van der Waals surface area contributed by atoms with E-state index in [1.54, 1.807) is 12.3 Å². The molecule has 18 heavy (non-hydrogen) atoms. The summed E-state index contributed by atoms with van der Waals surface area (Å²) in [6.07, 6.45) is 2.03. The Morgan fingerprint density at radius 1 is 1.50 bits per heavy atom. The Morgan fingerprint density at radius 2 is 2.28 bits per heavy atom. The first-order chi connectivity index (χ1) is 8.65. The van der Waals surface area contributed by atoms with Gasteiger partial charge in [-0.25, -0.2) is 0 Å². The maximum absolute atomic E-state index is 11.6. The SMILES string of the molecule is O=C(CCn1cc(Br)ccc1=O)NCC1CNC1. The first-order valence-corrected chi connectivity index (χ1v) is 6.78. The minimum absolute atomic E-state index is 0.00576. The van der Waals surface area contributed by atoms with E-state index in [1.165, 1.54) is 10.6 Å². The highest BCUT2D eigenvalue weighted by Crippen LogP contribution is 2.05. The molecule has 1 aromatic rings. The highest BCUT2D eigenvalue weighted by Gasteiger charge is 2.16. The molecule has 0 radical (unpaired) electrons. The normalized spacial score (nSPS) is 15.2. The Bertz CT molecular complexity index is 482. The predicted octanol–water partition coefficient (Wildman–Crippen LogP) is 0.337. The Labute approximate surface area is 114 Å². The highest BCUT2D eigenvalue weighted by atomic mass is 79.9. The summed E-state index contributed by atoms with van der Waals surface area (Å²) in [5, 5.41) is 6.04. The molecule has 1 fully saturated rings. The quantitative estimate of drug-likeness (QED) is 0.824. The second kappa shape index (κ2) is 6.15. The largest absolute Gasteiger partial charge is 0.356 e. The topological polar surface area (TPSA) is 63.1 Å². The molecule has 6 heteroatoms. The minimum Gasteiger partial charge on any atom is -0.356 e. The smallest absolute Gasteiger partial charge is 0.250 e. The van der Waals surface area contributed by atoms with E-state index in [4.69, 9.17) is 0 Å². The van der Waals surface area contributed by atoms with E-state index in [0.717, 1.165) is 24.1 Å². The molecule has 0 atom stereocenters. The van der Waals surface area contributed by atoms with E-state index in [-0.39, 0.29) is 11.5 Å². The number of nitrogens with one attached hydrogen (secondary N) is 2. The third kappa shape index (κ3) is 3.68. The molecular weight excluding hydrogens is 298 g/mol. The van der Waals surface area contributed by atoms with Crippen LogP contribution in [-0.2, 0) is 11.3 Å². The zero-order valence-electron chi connectivity index (χ0n) is 9.99. The van der Waals surface area contributed by atoms with E-state index < -0.39 is 0 Å². The average Bonchev–Trinajstić information content (AvgIpc) is 2.28. The predicted molar refractivity (Wildman–Crippen MR) is 72.4 cm³/mol. The number of hydrogen-bond donors (Lipinski definition) is 2. The van der Waals surface area contributed by atoms with Crippen molar-refractivity contribution in [2.45, 2.75) is 13.0 Å². The Hall–Kier alpha value is -1.14. The third-order valence-corrected chi connectivity index (χ3v) is 3.45. The van der Waals surface area contributed by atoms with Gasteiger partial charge in [-0.05, 0) is 22.0 Å². The number of carbonyl (C=O) groups is 1. The Morgan fingerprint density at radius 3 is 2.94 bits per heavy atom. The maximum Gasteiger partial charge on any atom is 0.250 e. The molecule has 2 N–H and O–H groups in total. The molecule has 98 valence electrons. The van der Waals surface area contributed by atoms with Crippen LogP contribution in [0.3, 0.4) is 0 Å². The van der Waals surface area contributed by atoms with Crippen molar-refractivity contribution in [3.63, 3.8) is 0 Å². The van der Waals surface area contributed by atoms with Crippen LogP contribution < -0.4 is 16.2 Å². The molecule has 0 aromatic carbocycles. The zero-order valence-corrected chi connectivity index (χ0v) is 11.6. The van der Waals surface area contributed by atoms with Gasteiger partial charge in [0.2, 0.25) is 5.91 Å². The van der Waals surface area contributed by atoms with Crippen molar-refractivity contribution in [3.8, 4) is 0 Å². The maximum atomic E-state index is 11.6. The number of rotatable bonds is 5. The molecule has 1 amide bonds. The van der Waals surface area contributed by atoms with E-state index >= 15 is 0 Å². The van der Waals surface area contributed by atoms with Crippen LogP contribution in [0.4, 0.5) is 0 Å². The van der Waals surface area contributed by atoms with Gasteiger partial charge in [-0.1, -0.05) is 0 Å². The fourth-order valence-electron chi connectivity index (χ4n) is 1.74. The summed E-state index contributed by atoms with van der Waals surface area (Å²) >= 11 is 3.30. The molecule has 0 bridgehead atoms. The van der Waals surface area contributed by atoms with Crippen LogP contribution in [0, 0.1) is 5.92 Å². The van der Waals surface area contributed by atoms with Crippen molar-refractivity contribution in [2.75, 3.05) is 19.6 Å². The number of aromatic nitrogens is 1. The van der Waals surface area contributed by atoms with Crippen molar-refractivity contribution in [1.82, 2.24) is 15.2 Å². The van der Waals surface area contributed by atoms with Gasteiger partial charge in [0, 0.05) is 55.3 Å². The van der Waals surface area contributed by atoms with E-state index in [1.807, 2.05) is 0 Å². The van der Waals surface area contributed by atoms with Gasteiger partial charge in [0.1, 0.15) is 0 Å². The lowest BCUT2D eigenvalue weighted by Gasteiger charge is -2.27. The third-order valence-electron chi connectivity index (χ3n) is 2.98. The second-order valence-corrected chi connectivity index (χ2v) is 5.37. The lowest BCUT2D eigenvalue weighted by molar-refractivity contribution is -0.121. The van der Waals surface area contributed by atoms with Crippen molar-refractivity contribution < 1.29 is 4.79 Å². The number of nitrogens with zero attached hydrogens (tertiary/aromatic N) is 1. The van der Waals surface area contributed by atoms with Gasteiger partial charge < -0.3 is 15.2 Å². The summed E-state index contributed by atoms with van der Waals surface area (Å²) in [5.41, 5.74) is -0.0887. The summed E-state index contributed by atoms with van der Waals surface area (Å²) in [5.74, 6) is 0.552. The van der Waals surface area contributed by atoms with Crippen LogP contribution in [0.25, 0.3) is 0 Å². The number of hydrogen-bond acceptors (Lipinski definition) is 3. The molecule has 0 unspecified atom stereocenters. The van der Waals surface area contributed by atoms with Crippen LogP contribution in [0.15, 0.2) is 27.6 Å². The van der Waals surface area contributed by atoms with Crippen molar-refractivity contribution in [1.29, 1.82) is 0 Å². The summed E-state index contributed by atoms with van der Waals surface area (Å²) in [4.78, 5) is 23.1. The number of aryl methyl sites for hydroxylation is 1. The lowest BCUT2D eigenvalue weighted by atomic mass is 10.0. The molecule has 1 aliphatic rings. The van der Waals surface area contributed by atoms with Crippen molar-refractivity contribution >= 4 is 21.8 Å². The van der Waals surface area contributed by atoms with Gasteiger partial charge in [0.05, 0.1) is 0 Å². The lowest BCUT2D eigenvalue weighted by Crippen LogP contribution is -2.48. The van der Waals surface area contributed by atoms with Crippen LogP contribution in [0.5, 0.6) is 0 Å². The molecule has 1 aliphatic heterocycles. The van der Waals surface area contributed by atoms with Crippen LogP contribution in [0.2, 0.25) is 0 Å². The monoisotopic (exact) mass is 313 g/mol. The number of pyridine rings is 1. The summed E-state index contributed by atoms with van der Waals surface area (Å²) in [6.45, 7) is 3.09. The first kappa shape index (κ1) is 13.3. The molecule has 2 heterocycles. The number of amides is 1. The minimum atomic E-state index is -0.0887. The van der Waals surface area contributed by atoms with Gasteiger partial charge >= 0.3 is 0 Å². The Kier molecular flexibility index (Phi) is 4.54. The number of carbonyl (C=O) groups excluding carboxylic acids is 1. The standard InChI is InChI=1S/C12H16BrN3O2/c13-10-1-2-12(18)16(8-10)4-3-11(17)15-7-9-5-14-6-9/h1-2,8-9,14H,3-7H2,(H,15,17). The van der Waals surface area contributed by atoms with Gasteiger partial charge in [0.25, 0.3) is 5.56 Å². The average molecular weight is 314 g/mol. The summed E-state index contributed by atoms with van der Waals surface area (Å²) < 4.78 is 2.37. The first-order valence-electron chi connectivity index (χ1n) is 5.98. The fourth-order valence-corrected chi connectivity index (χ4v) is 2.12.